The van der Waals surface area contributed by atoms with Crippen molar-refractivity contribution in [2.45, 2.75) is 116 Å². The molecule has 0 bridgehead atoms. The van der Waals surface area contributed by atoms with Crippen molar-refractivity contribution in [1.82, 2.24) is 14.8 Å². The third-order valence-electron chi connectivity index (χ3n) is 8.82. The van der Waals surface area contributed by atoms with Crippen molar-refractivity contribution in [2.24, 2.45) is 0 Å². The number of hydrogen-bond acceptors (Lipinski definition) is 3. The zero-order chi connectivity index (χ0) is 30.3. The Hall–Kier alpha value is -3.28. The highest BCUT2D eigenvalue weighted by Crippen LogP contribution is 2.28. The molecule has 0 unspecified atom stereocenters. The monoisotopic (exact) mass is 587 g/mol. The van der Waals surface area contributed by atoms with Gasteiger partial charge in [-0.05, 0) is 55.0 Å². The molecule has 1 saturated carbocycles. The predicted molar refractivity (Wildman–Crippen MR) is 176 cm³/mol. The highest BCUT2D eigenvalue weighted by atomic mass is 16.5. The highest BCUT2D eigenvalue weighted by Gasteiger charge is 2.34. The SMILES string of the molecule is CCCCCCCCCCCCCC(=O)N(CC(=O)N(CCc1c[nH]c2ccccc12)Cc1ccc(OC)cc1)C1CC1. The second-order valence-corrected chi connectivity index (χ2v) is 12.3. The van der Waals surface area contributed by atoms with Crippen LogP contribution in [-0.4, -0.2) is 52.8 Å². The Morgan fingerprint density at radius 3 is 2.14 bits per heavy atom. The van der Waals surface area contributed by atoms with Crippen LogP contribution >= 0.6 is 0 Å². The first-order valence-corrected chi connectivity index (χ1v) is 16.8. The molecule has 2 aromatic carbocycles. The van der Waals surface area contributed by atoms with Gasteiger partial charge >= 0.3 is 0 Å². The molecule has 6 nitrogen and oxygen atoms in total. The Morgan fingerprint density at radius 1 is 0.837 bits per heavy atom. The Balaban J connectivity index is 1.28. The van der Waals surface area contributed by atoms with E-state index in [4.69, 9.17) is 4.74 Å². The van der Waals surface area contributed by atoms with Crippen LogP contribution in [0.25, 0.3) is 10.9 Å². The van der Waals surface area contributed by atoms with Gasteiger partial charge in [-0.3, -0.25) is 9.59 Å². The number of hydrogen-bond donors (Lipinski definition) is 1. The van der Waals surface area contributed by atoms with E-state index in [0.717, 1.165) is 48.9 Å². The average Bonchev–Trinajstić information content (AvgIpc) is 3.79. The molecular weight excluding hydrogens is 534 g/mol. The maximum absolute atomic E-state index is 13.8. The quantitative estimate of drug-likeness (QED) is 0.127. The van der Waals surface area contributed by atoms with Crippen LogP contribution in [0.3, 0.4) is 0 Å². The first-order valence-electron chi connectivity index (χ1n) is 16.8. The van der Waals surface area contributed by atoms with E-state index in [1.165, 1.54) is 68.7 Å². The van der Waals surface area contributed by atoms with Crippen molar-refractivity contribution in [1.29, 1.82) is 0 Å². The van der Waals surface area contributed by atoms with Gasteiger partial charge in [0, 0.05) is 42.7 Å². The third kappa shape index (κ3) is 10.7. The van der Waals surface area contributed by atoms with Gasteiger partial charge in [-0.25, -0.2) is 0 Å². The summed E-state index contributed by atoms with van der Waals surface area (Å²) < 4.78 is 5.32. The largest absolute Gasteiger partial charge is 0.497 e. The number of carbonyl (C=O) groups is 2. The van der Waals surface area contributed by atoms with E-state index in [2.05, 4.69) is 30.1 Å². The van der Waals surface area contributed by atoms with Gasteiger partial charge in [0.15, 0.2) is 0 Å². The van der Waals surface area contributed by atoms with E-state index in [0.29, 0.717) is 19.5 Å². The molecule has 43 heavy (non-hydrogen) atoms. The number of methoxy groups -OCH3 is 1. The Labute approximate surface area is 259 Å². The number of ether oxygens (including phenoxy) is 1. The lowest BCUT2D eigenvalue weighted by molar-refractivity contribution is -0.141. The van der Waals surface area contributed by atoms with Crippen molar-refractivity contribution < 1.29 is 14.3 Å². The number of unbranched alkanes of at least 4 members (excludes halogenated alkanes) is 10. The van der Waals surface area contributed by atoms with Gasteiger partial charge in [-0.1, -0.05) is 101 Å². The van der Waals surface area contributed by atoms with Gasteiger partial charge in [0.05, 0.1) is 7.11 Å². The van der Waals surface area contributed by atoms with Crippen molar-refractivity contribution in [3.05, 3.63) is 65.9 Å². The number of fused-ring (bicyclic) bond motifs is 1. The molecule has 0 radical (unpaired) electrons. The molecule has 1 aliphatic rings. The first-order chi connectivity index (χ1) is 21.1. The van der Waals surface area contributed by atoms with Gasteiger partial charge in [-0.2, -0.15) is 0 Å². The third-order valence-corrected chi connectivity index (χ3v) is 8.82. The molecular formula is C37H53N3O3. The molecule has 0 spiro atoms. The zero-order valence-corrected chi connectivity index (χ0v) is 26.6. The molecule has 234 valence electrons. The predicted octanol–water partition coefficient (Wildman–Crippen LogP) is 8.44. The van der Waals surface area contributed by atoms with Crippen molar-refractivity contribution >= 4 is 22.7 Å². The molecule has 1 N–H and O–H groups in total. The summed E-state index contributed by atoms with van der Waals surface area (Å²) in [4.78, 5) is 34.3. The topological polar surface area (TPSA) is 65.6 Å². The average molecular weight is 588 g/mol. The molecule has 6 heteroatoms. The maximum Gasteiger partial charge on any atom is 0.242 e. The second kappa shape index (κ2) is 17.7. The zero-order valence-electron chi connectivity index (χ0n) is 26.6. The molecule has 1 aliphatic carbocycles. The fraction of sp³-hybridized carbons (Fsp3) is 0.568. The van der Waals surface area contributed by atoms with Gasteiger partial charge in [0.1, 0.15) is 12.3 Å². The van der Waals surface area contributed by atoms with E-state index in [9.17, 15) is 9.59 Å². The molecule has 3 aromatic rings. The van der Waals surface area contributed by atoms with Crippen molar-refractivity contribution in [3.63, 3.8) is 0 Å². The van der Waals surface area contributed by atoms with Crippen LogP contribution in [0.4, 0.5) is 0 Å². The number of benzene rings is 2. The van der Waals surface area contributed by atoms with E-state index in [-0.39, 0.29) is 24.4 Å². The fourth-order valence-corrected chi connectivity index (χ4v) is 5.97. The van der Waals surface area contributed by atoms with Gasteiger partial charge in [0.2, 0.25) is 11.8 Å². The van der Waals surface area contributed by atoms with E-state index < -0.39 is 0 Å². The summed E-state index contributed by atoms with van der Waals surface area (Å²) >= 11 is 0. The number of aromatic amines is 1. The molecule has 0 aliphatic heterocycles. The number of rotatable bonds is 21. The Bertz CT molecular complexity index is 1250. The molecule has 0 atom stereocenters. The van der Waals surface area contributed by atoms with Crippen LogP contribution < -0.4 is 4.74 Å². The first kappa shape index (κ1) is 32.6. The summed E-state index contributed by atoms with van der Waals surface area (Å²) in [5, 5.41) is 1.20. The molecule has 2 amide bonds. The second-order valence-electron chi connectivity index (χ2n) is 12.3. The van der Waals surface area contributed by atoms with Crippen LogP contribution in [0.15, 0.2) is 54.7 Å². The summed E-state index contributed by atoms with van der Waals surface area (Å²) in [6.07, 6.45) is 19.3. The summed E-state index contributed by atoms with van der Waals surface area (Å²) in [5.41, 5.74) is 3.37. The molecule has 1 heterocycles. The molecule has 1 aromatic heterocycles. The van der Waals surface area contributed by atoms with Crippen molar-refractivity contribution in [2.75, 3.05) is 20.2 Å². The lowest BCUT2D eigenvalue weighted by Gasteiger charge is -2.28. The number of amides is 2. The van der Waals surface area contributed by atoms with Crippen LogP contribution in [-0.2, 0) is 22.6 Å². The summed E-state index contributed by atoms with van der Waals surface area (Å²) in [5.74, 6) is 0.968. The van der Waals surface area contributed by atoms with Crippen LogP contribution in [0.5, 0.6) is 5.75 Å². The Morgan fingerprint density at radius 2 is 1.49 bits per heavy atom. The van der Waals surface area contributed by atoms with E-state index in [1.807, 2.05) is 46.3 Å². The minimum Gasteiger partial charge on any atom is -0.497 e. The number of H-pyrrole nitrogens is 1. The Kier molecular flexibility index (Phi) is 13.5. The van der Waals surface area contributed by atoms with Crippen LogP contribution in [0.1, 0.15) is 108 Å². The smallest absolute Gasteiger partial charge is 0.242 e. The lowest BCUT2D eigenvalue weighted by atomic mass is 10.1. The van der Waals surface area contributed by atoms with Gasteiger partial charge in [0.25, 0.3) is 0 Å². The van der Waals surface area contributed by atoms with Gasteiger partial charge in [-0.15, -0.1) is 0 Å². The van der Waals surface area contributed by atoms with Crippen LogP contribution in [0.2, 0.25) is 0 Å². The molecule has 0 saturated heterocycles. The molecule has 1 fully saturated rings. The summed E-state index contributed by atoms with van der Waals surface area (Å²) in [6, 6.07) is 16.4. The maximum atomic E-state index is 13.8. The number of aromatic nitrogens is 1. The number of para-hydroxylation sites is 1. The fourth-order valence-electron chi connectivity index (χ4n) is 5.97. The normalized spacial score (nSPS) is 12.9. The number of carbonyl (C=O) groups excluding carboxylic acids is 2. The minimum absolute atomic E-state index is 0.0230. The summed E-state index contributed by atoms with van der Waals surface area (Å²) in [7, 11) is 1.66. The van der Waals surface area contributed by atoms with Crippen molar-refractivity contribution in [3.8, 4) is 5.75 Å². The van der Waals surface area contributed by atoms with Gasteiger partial charge < -0.3 is 19.5 Å². The van der Waals surface area contributed by atoms with Crippen LogP contribution in [0, 0.1) is 0 Å². The summed E-state index contributed by atoms with van der Waals surface area (Å²) in [6.45, 7) is 3.54. The lowest BCUT2D eigenvalue weighted by Crippen LogP contribution is -2.44. The number of nitrogens with one attached hydrogen (secondary N) is 1. The standard InChI is InChI=1S/C37H53N3O3/c1-3-4-5-6-7-8-9-10-11-12-13-18-36(41)40(32-21-22-32)29-37(42)39(28-30-19-23-33(43-2)24-20-30)26-25-31-27-38-35-17-15-14-16-34(31)35/h14-17,19-20,23-24,27,32,38H,3-13,18,21-22,25-26,28-29H2,1-2H3. The molecule has 4 rings (SSSR count). The number of nitrogens with zero attached hydrogens (tertiary/aromatic N) is 2. The minimum atomic E-state index is 0.0230. The highest BCUT2D eigenvalue weighted by molar-refractivity contribution is 5.86. The van der Waals surface area contributed by atoms with E-state index >= 15 is 0 Å². The van der Waals surface area contributed by atoms with E-state index in [1.54, 1.807) is 7.11 Å².